The van der Waals surface area contributed by atoms with Crippen molar-refractivity contribution < 1.29 is 4.74 Å². The van der Waals surface area contributed by atoms with Gasteiger partial charge in [0.2, 0.25) is 5.95 Å². The van der Waals surface area contributed by atoms with Gasteiger partial charge in [-0.2, -0.15) is 5.26 Å². The van der Waals surface area contributed by atoms with Crippen LogP contribution < -0.4 is 4.90 Å². The van der Waals surface area contributed by atoms with Crippen molar-refractivity contribution >= 4 is 17.7 Å². The van der Waals surface area contributed by atoms with Gasteiger partial charge in [0.25, 0.3) is 0 Å². The van der Waals surface area contributed by atoms with Crippen molar-refractivity contribution in [1.82, 2.24) is 14.8 Å². The summed E-state index contributed by atoms with van der Waals surface area (Å²) in [6, 6.07) is 2.15. The Morgan fingerprint density at radius 3 is 2.85 bits per heavy atom. The zero-order valence-electron chi connectivity index (χ0n) is 11.5. The second-order valence-electron chi connectivity index (χ2n) is 5.17. The Balaban J connectivity index is 1.80. The molecule has 1 aromatic rings. The summed E-state index contributed by atoms with van der Waals surface area (Å²) in [6.45, 7) is 3.75. The summed E-state index contributed by atoms with van der Waals surface area (Å²) < 4.78 is 7.88. The summed E-state index contributed by atoms with van der Waals surface area (Å²) in [5.41, 5.74) is 0. The lowest BCUT2D eigenvalue weighted by Crippen LogP contribution is -2.25. The first-order chi connectivity index (χ1) is 9.88. The standard InChI is InChI=1S/C13H19N5OS/c14-5-9-20-13-16-15-12(17-6-1-2-7-17)18(13)10-11-4-3-8-19-11/h11H,1-4,6-10H2/t11-/m0/s1. The van der Waals surface area contributed by atoms with E-state index in [0.717, 1.165) is 50.2 Å². The van der Waals surface area contributed by atoms with Crippen molar-refractivity contribution in [1.29, 1.82) is 5.26 Å². The number of ether oxygens (including phenoxy) is 1. The molecule has 0 amide bonds. The molecule has 6 nitrogen and oxygen atoms in total. The summed E-state index contributed by atoms with van der Waals surface area (Å²) in [4.78, 5) is 2.29. The van der Waals surface area contributed by atoms with E-state index in [1.54, 1.807) is 0 Å². The highest BCUT2D eigenvalue weighted by molar-refractivity contribution is 7.99. The van der Waals surface area contributed by atoms with E-state index in [0.29, 0.717) is 5.75 Å². The molecule has 0 aliphatic carbocycles. The Labute approximate surface area is 123 Å². The highest BCUT2D eigenvalue weighted by atomic mass is 32.2. The smallest absolute Gasteiger partial charge is 0.228 e. The van der Waals surface area contributed by atoms with Crippen LogP contribution in [-0.2, 0) is 11.3 Å². The van der Waals surface area contributed by atoms with Gasteiger partial charge in [0.15, 0.2) is 5.16 Å². The fourth-order valence-electron chi connectivity index (χ4n) is 2.79. The van der Waals surface area contributed by atoms with E-state index in [2.05, 4.69) is 25.7 Å². The molecule has 2 aliphatic rings. The number of nitriles is 1. The summed E-state index contributed by atoms with van der Waals surface area (Å²) in [5, 5.41) is 18.2. The lowest BCUT2D eigenvalue weighted by molar-refractivity contribution is 0.0952. The van der Waals surface area contributed by atoms with E-state index in [1.165, 1.54) is 24.6 Å². The van der Waals surface area contributed by atoms with Gasteiger partial charge >= 0.3 is 0 Å². The van der Waals surface area contributed by atoms with Crippen LogP contribution in [-0.4, -0.2) is 46.3 Å². The number of aromatic nitrogens is 3. The highest BCUT2D eigenvalue weighted by Gasteiger charge is 2.25. The van der Waals surface area contributed by atoms with E-state index < -0.39 is 0 Å². The average molecular weight is 293 g/mol. The SMILES string of the molecule is N#CCSc1nnc(N2CCCC2)n1C[C@@H]1CCCO1. The topological polar surface area (TPSA) is 67.0 Å². The molecule has 0 bridgehead atoms. The molecular formula is C13H19N5OS. The first-order valence-electron chi connectivity index (χ1n) is 7.18. The second-order valence-corrected chi connectivity index (χ2v) is 6.11. The molecule has 2 saturated heterocycles. The predicted molar refractivity (Wildman–Crippen MR) is 76.8 cm³/mol. The van der Waals surface area contributed by atoms with Crippen molar-refractivity contribution in [3.63, 3.8) is 0 Å². The van der Waals surface area contributed by atoms with E-state index >= 15 is 0 Å². The number of hydrogen-bond acceptors (Lipinski definition) is 6. The zero-order chi connectivity index (χ0) is 13.8. The number of rotatable bonds is 5. The molecule has 0 aromatic carbocycles. The maximum Gasteiger partial charge on any atom is 0.228 e. The van der Waals surface area contributed by atoms with Crippen LogP contribution in [0.25, 0.3) is 0 Å². The predicted octanol–water partition coefficient (Wildman–Crippen LogP) is 1.67. The van der Waals surface area contributed by atoms with E-state index in [1.807, 2.05) is 0 Å². The summed E-state index contributed by atoms with van der Waals surface area (Å²) >= 11 is 1.46. The van der Waals surface area contributed by atoms with Crippen molar-refractivity contribution in [2.24, 2.45) is 0 Å². The molecule has 0 N–H and O–H groups in total. The van der Waals surface area contributed by atoms with Gasteiger partial charge in [0.05, 0.1) is 24.5 Å². The van der Waals surface area contributed by atoms with Gasteiger partial charge in [-0.05, 0) is 25.7 Å². The normalized spacial score (nSPS) is 22.4. The number of nitrogens with zero attached hydrogens (tertiary/aromatic N) is 5. The maximum atomic E-state index is 8.76. The van der Waals surface area contributed by atoms with Crippen molar-refractivity contribution in [3.05, 3.63) is 0 Å². The lowest BCUT2D eigenvalue weighted by Gasteiger charge is -2.20. The van der Waals surface area contributed by atoms with Crippen molar-refractivity contribution in [3.8, 4) is 6.07 Å². The third-order valence-electron chi connectivity index (χ3n) is 3.76. The molecule has 1 atom stereocenters. The first kappa shape index (κ1) is 13.7. The molecule has 1 aromatic heterocycles. The monoisotopic (exact) mass is 293 g/mol. The Morgan fingerprint density at radius 1 is 1.30 bits per heavy atom. The van der Waals surface area contributed by atoms with Gasteiger partial charge in [-0.1, -0.05) is 11.8 Å². The second kappa shape index (κ2) is 6.46. The largest absolute Gasteiger partial charge is 0.376 e. The molecule has 20 heavy (non-hydrogen) atoms. The molecule has 7 heteroatoms. The van der Waals surface area contributed by atoms with E-state index in [-0.39, 0.29) is 6.10 Å². The summed E-state index contributed by atoms with van der Waals surface area (Å²) in [5.74, 6) is 1.35. The Kier molecular flexibility index (Phi) is 4.43. The van der Waals surface area contributed by atoms with Crippen LogP contribution in [0.4, 0.5) is 5.95 Å². The molecule has 108 valence electrons. The van der Waals surface area contributed by atoms with Crippen LogP contribution in [0.15, 0.2) is 5.16 Å². The third kappa shape index (κ3) is 2.91. The molecule has 3 rings (SSSR count). The first-order valence-corrected chi connectivity index (χ1v) is 8.16. The van der Waals surface area contributed by atoms with Crippen LogP contribution in [0.3, 0.4) is 0 Å². The molecule has 2 aliphatic heterocycles. The van der Waals surface area contributed by atoms with E-state index in [9.17, 15) is 0 Å². The van der Waals surface area contributed by atoms with Gasteiger partial charge in [-0.25, -0.2) is 0 Å². The van der Waals surface area contributed by atoms with Crippen molar-refractivity contribution in [2.45, 2.75) is 43.5 Å². The maximum absolute atomic E-state index is 8.76. The van der Waals surface area contributed by atoms with Crippen LogP contribution in [0, 0.1) is 11.3 Å². The minimum atomic E-state index is 0.258. The Morgan fingerprint density at radius 2 is 2.15 bits per heavy atom. The van der Waals surface area contributed by atoms with Crippen LogP contribution in [0.5, 0.6) is 0 Å². The molecular weight excluding hydrogens is 274 g/mol. The van der Waals surface area contributed by atoms with Crippen LogP contribution in [0.1, 0.15) is 25.7 Å². The Hall–Kier alpha value is -1.26. The summed E-state index contributed by atoms with van der Waals surface area (Å²) in [6.07, 6.45) is 4.92. The lowest BCUT2D eigenvalue weighted by atomic mass is 10.2. The molecule has 0 saturated carbocycles. The Bertz CT molecular complexity index is 485. The van der Waals surface area contributed by atoms with Gasteiger partial charge in [0.1, 0.15) is 0 Å². The summed E-state index contributed by atoms with van der Waals surface area (Å²) in [7, 11) is 0. The van der Waals surface area contributed by atoms with Gasteiger partial charge in [0, 0.05) is 19.7 Å². The fraction of sp³-hybridized carbons (Fsp3) is 0.769. The number of thioether (sulfide) groups is 1. The highest BCUT2D eigenvalue weighted by Crippen LogP contribution is 2.26. The fourth-order valence-corrected chi connectivity index (χ4v) is 3.39. The van der Waals surface area contributed by atoms with Gasteiger partial charge in [-0.3, -0.25) is 4.57 Å². The molecule has 2 fully saturated rings. The van der Waals surface area contributed by atoms with Crippen molar-refractivity contribution in [2.75, 3.05) is 30.3 Å². The van der Waals surface area contributed by atoms with Crippen LogP contribution in [0.2, 0.25) is 0 Å². The van der Waals surface area contributed by atoms with E-state index in [4.69, 9.17) is 10.00 Å². The van der Waals surface area contributed by atoms with Crippen LogP contribution >= 0.6 is 11.8 Å². The minimum Gasteiger partial charge on any atom is -0.376 e. The zero-order valence-corrected chi connectivity index (χ0v) is 12.3. The number of hydrogen-bond donors (Lipinski definition) is 0. The molecule has 0 radical (unpaired) electrons. The molecule has 3 heterocycles. The third-order valence-corrected chi connectivity index (χ3v) is 4.60. The van der Waals surface area contributed by atoms with Gasteiger partial charge < -0.3 is 9.64 Å². The quantitative estimate of drug-likeness (QED) is 0.769. The number of anilines is 1. The van der Waals surface area contributed by atoms with Gasteiger partial charge in [-0.15, -0.1) is 10.2 Å². The molecule has 0 spiro atoms. The molecule has 0 unspecified atom stereocenters. The average Bonchev–Trinajstić information content (AvgIpc) is 3.19. The minimum absolute atomic E-state index is 0.258.